The van der Waals surface area contributed by atoms with Gasteiger partial charge in [0.15, 0.2) is 11.5 Å². The maximum atomic E-state index is 10.5. The molecule has 1 fully saturated rings. The molecule has 0 saturated carbocycles. The third-order valence-electron chi connectivity index (χ3n) is 4.16. The monoisotopic (exact) mass is 293 g/mol. The van der Waals surface area contributed by atoms with Gasteiger partial charge >= 0.3 is 0 Å². The predicted molar refractivity (Wildman–Crippen MR) is 78.9 cm³/mol. The van der Waals surface area contributed by atoms with Crippen molar-refractivity contribution in [3.63, 3.8) is 0 Å². The van der Waals surface area contributed by atoms with Crippen molar-refractivity contribution in [2.45, 2.75) is 25.5 Å². The van der Waals surface area contributed by atoms with E-state index in [4.69, 9.17) is 14.2 Å². The molecule has 1 unspecified atom stereocenters. The molecule has 0 amide bonds. The molecular formula is C16H23NO4. The number of aliphatic hydroxyl groups is 1. The van der Waals surface area contributed by atoms with Crippen LogP contribution in [0.15, 0.2) is 18.2 Å². The Morgan fingerprint density at radius 1 is 1.19 bits per heavy atom. The summed E-state index contributed by atoms with van der Waals surface area (Å²) in [6, 6.07) is 5.66. The van der Waals surface area contributed by atoms with Gasteiger partial charge < -0.3 is 19.3 Å². The first kappa shape index (κ1) is 14.6. The summed E-state index contributed by atoms with van der Waals surface area (Å²) in [4.78, 5) is 2.28. The van der Waals surface area contributed by atoms with Gasteiger partial charge in [-0.25, -0.2) is 0 Å². The van der Waals surface area contributed by atoms with Crippen molar-refractivity contribution in [1.29, 1.82) is 0 Å². The molecular weight excluding hydrogens is 270 g/mol. The number of hydrogen-bond acceptors (Lipinski definition) is 5. The van der Waals surface area contributed by atoms with Crippen LogP contribution in [0.1, 0.15) is 25.5 Å². The lowest BCUT2D eigenvalue weighted by molar-refractivity contribution is -0.0668. The molecule has 0 aromatic heterocycles. The summed E-state index contributed by atoms with van der Waals surface area (Å²) in [6.07, 6.45) is -0.543. The number of ether oxygens (including phenoxy) is 3. The van der Waals surface area contributed by atoms with Crippen LogP contribution < -0.4 is 9.47 Å². The van der Waals surface area contributed by atoms with E-state index in [1.165, 1.54) is 0 Å². The zero-order valence-corrected chi connectivity index (χ0v) is 12.7. The Morgan fingerprint density at radius 3 is 2.71 bits per heavy atom. The largest absolute Gasteiger partial charge is 0.486 e. The van der Waals surface area contributed by atoms with Gasteiger partial charge in [0.2, 0.25) is 0 Å². The highest BCUT2D eigenvalue weighted by atomic mass is 16.6. The summed E-state index contributed by atoms with van der Waals surface area (Å²) in [6.45, 7) is 8.27. The van der Waals surface area contributed by atoms with Crippen LogP contribution >= 0.6 is 0 Å². The van der Waals surface area contributed by atoms with Crippen molar-refractivity contribution in [3.05, 3.63) is 23.8 Å². The van der Waals surface area contributed by atoms with Gasteiger partial charge in [-0.1, -0.05) is 6.07 Å². The molecule has 2 aliphatic rings. The lowest BCUT2D eigenvalue weighted by Crippen LogP contribution is -2.54. The maximum absolute atomic E-state index is 10.5. The maximum Gasteiger partial charge on any atom is 0.161 e. The van der Waals surface area contributed by atoms with Crippen molar-refractivity contribution in [1.82, 2.24) is 4.90 Å². The van der Waals surface area contributed by atoms with E-state index in [1.54, 1.807) is 0 Å². The van der Waals surface area contributed by atoms with E-state index < -0.39 is 6.10 Å². The minimum atomic E-state index is -0.543. The molecule has 2 aliphatic heterocycles. The van der Waals surface area contributed by atoms with E-state index in [9.17, 15) is 5.11 Å². The van der Waals surface area contributed by atoms with Gasteiger partial charge in [0.05, 0.1) is 19.3 Å². The highest BCUT2D eigenvalue weighted by molar-refractivity contribution is 5.44. The topological polar surface area (TPSA) is 51.2 Å². The Kier molecular flexibility index (Phi) is 4.06. The molecule has 2 heterocycles. The molecule has 5 heteroatoms. The molecule has 1 atom stereocenters. The summed E-state index contributed by atoms with van der Waals surface area (Å²) in [5.74, 6) is 1.47. The Labute approximate surface area is 125 Å². The fraction of sp³-hybridized carbons (Fsp3) is 0.625. The zero-order chi connectivity index (χ0) is 14.9. The van der Waals surface area contributed by atoms with Crippen LogP contribution in [-0.2, 0) is 4.74 Å². The van der Waals surface area contributed by atoms with E-state index in [0.29, 0.717) is 26.4 Å². The van der Waals surface area contributed by atoms with Crippen molar-refractivity contribution < 1.29 is 19.3 Å². The van der Waals surface area contributed by atoms with E-state index in [1.807, 2.05) is 18.2 Å². The first-order valence-electron chi connectivity index (χ1n) is 7.47. The summed E-state index contributed by atoms with van der Waals surface area (Å²) in [7, 11) is 0. The number of β-amino-alcohol motifs (C(OH)–C–C–N with tert-alkyl or cyclic N) is 1. The number of rotatable bonds is 3. The molecule has 1 aromatic rings. The Balaban J connectivity index is 1.71. The fourth-order valence-electron chi connectivity index (χ4n) is 2.81. The highest BCUT2D eigenvalue weighted by Gasteiger charge is 2.32. The molecule has 0 aliphatic carbocycles. The molecule has 0 bridgehead atoms. The normalized spacial score (nSPS) is 22.8. The Bertz CT molecular complexity index is 503. The van der Waals surface area contributed by atoms with Crippen molar-refractivity contribution in [2.75, 3.05) is 39.5 Å². The fourth-order valence-corrected chi connectivity index (χ4v) is 2.81. The lowest BCUT2D eigenvalue weighted by Gasteiger charge is -2.43. The summed E-state index contributed by atoms with van der Waals surface area (Å²) >= 11 is 0. The summed E-state index contributed by atoms with van der Waals surface area (Å²) < 4.78 is 16.6. The van der Waals surface area contributed by atoms with Crippen molar-refractivity contribution in [2.24, 2.45) is 0 Å². The van der Waals surface area contributed by atoms with Crippen LogP contribution in [0.3, 0.4) is 0 Å². The molecule has 3 rings (SSSR count). The smallest absolute Gasteiger partial charge is 0.161 e. The molecule has 21 heavy (non-hydrogen) atoms. The van der Waals surface area contributed by atoms with Gasteiger partial charge in [-0.2, -0.15) is 0 Å². The Morgan fingerprint density at radius 2 is 1.95 bits per heavy atom. The van der Waals surface area contributed by atoms with Gasteiger partial charge in [0.1, 0.15) is 13.2 Å². The highest BCUT2D eigenvalue weighted by Crippen LogP contribution is 2.33. The number of aliphatic hydroxyl groups excluding tert-OH is 1. The zero-order valence-electron chi connectivity index (χ0n) is 12.7. The molecule has 0 radical (unpaired) electrons. The second-order valence-electron chi connectivity index (χ2n) is 6.23. The van der Waals surface area contributed by atoms with Crippen LogP contribution in [0.2, 0.25) is 0 Å². The van der Waals surface area contributed by atoms with Crippen molar-refractivity contribution >= 4 is 0 Å². The minimum absolute atomic E-state index is 0.0486. The standard InChI is InChI=1S/C16H23NO4/c1-16(2)11-19-6-5-17(16)10-13(18)12-3-4-14-15(9-12)21-8-7-20-14/h3-4,9,13,18H,5-8,10-11H2,1-2H3. The van der Waals surface area contributed by atoms with Gasteiger partial charge in [-0.15, -0.1) is 0 Å². The number of nitrogens with zero attached hydrogens (tertiary/aromatic N) is 1. The van der Waals surface area contributed by atoms with Gasteiger partial charge in [-0.3, -0.25) is 4.90 Å². The predicted octanol–water partition coefficient (Wildman–Crippen LogP) is 1.60. The van der Waals surface area contributed by atoms with E-state index >= 15 is 0 Å². The SMILES string of the molecule is CC1(C)COCCN1CC(O)c1ccc2c(c1)OCCO2. The molecule has 5 nitrogen and oxygen atoms in total. The second kappa shape index (κ2) is 5.83. The molecule has 1 N–H and O–H groups in total. The average molecular weight is 293 g/mol. The third-order valence-corrected chi connectivity index (χ3v) is 4.16. The van der Waals surface area contributed by atoms with E-state index in [2.05, 4.69) is 18.7 Å². The van der Waals surface area contributed by atoms with Crippen LogP contribution in [0.25, 0.3) is 0 Å². The second-order valence-corrected chi connectivity index (χ2v) is 6.23. The van der Waals surface area contributed by atoms with Crippen LogP contribution in [0.4, 0.5) is 0 Å². The quantitative estimate of drug-likeness (QED) is 0.917. The van der Waals surface area contributed by atoms with Crippen LogP contribution in [0, 0.1) is 0 Å². The first-order chi connectivity index (χ1) is 10.1. The minimum Gasteiger partial charge on any atom is -0.486 e. The van der Waals surface area contributed by atoms with E-state index in [0.717, 1.165) is 30.2 Å². The van der Waals surface area contributed by atoms with Gasteiger partial charge in [0, 0.05) is 18.6 Å². The van der Waals surface area contributed by atoms with Crippen LogP contribution in [-0.4, -0.2) is 55.1 Å². The molecule has 1 saturated heterocycles. The summed E-state index contributed by atoms with van der Waals surface area (Å²) in [5, 5.41) is 10.5. The molecule has 0 spiro atoms. The van der Waals surface area contributed by atoms with Crippen molar-refractivity contribution in [3.8, 4) is 11.5 Å². The van der Waals surface area contributed by atoms with E-state index in [-0.39, 0.29) is 5.54 Å². The van der Waals surface area contributed by atoms with Gasteiger partial charge in [-0.05, 0) is 31.5 Å². The lowest BCUT2D eigenvalue weighted by atomic mass is 10.00. The average Bonchev–Trinajstić information content (AvgIpc) is 2.48. The number of morpholine rings is 1. The van der Waals surface area contributed by atoms with Gasteiger partial charge in [0.25, 0.3) is 0 Å². The summed E-state index contributed by atoms with van der Waals surface area (Å²) in [5.41, 5.74) is 0.814. The third kappa shape index (κ3) is 3.15. The molecule has 1 aromatic carbocycles. The first-order valence-corrected chi connectivity index (χ1v) is 7.47. The molecule has 116 valence electrons. The van der Waals surface area contributed by atoms with Crippen LogP contribution in [0.5, 0.6) is 11.5 Å². The number of hydrogen-bond donors (Lipinski definition) is 1. The Hall–Kier alpha value is -1.30. The number of fused-ring (bicyclic) bond motifs is 1. The number of benzene rings is 1.